The average Bonchev–Trinajstić information content (AvgIpc) is 4.19. The van der Waals surface area contributed by atoms with Crippen LogP contribution in [-0.4, -0.2) is 142 Å². The molecule has 0 radical (unpaired) electrons. The number of ether oxygens (including phenoxy) is 4. The molecule has 0 saturated carbocycles. The number of benzene rings is 2. The van der Waals surface area contributed by atoms with Gasteiger partial charge in [-0.2, -0.15) is 0 Å². The first kappa shape index (κ1) is 52.6. The molecule has 3 aliphatic heterocycles. The lowest BCUT2D eigenvalue weighted by Crippen LogP contribution is -2.55. The number of carbonyl (C=O) groups excluding carboxylic acids is 6. The number of ketones is 2. The fourth-order valence-corrected chi connectivity index (χ4v) is 7.08. The molecule has 18 heteroatoms. The van der Waals surface area contributed by atoms with Crippen molar-refractivity contribution in [1.29, 1.82) is 0 Å². The minimum Gasteiger partial charge on any atom is -0.488 e. The minimum atomic E-state index is -1.28. The number of aliphatic hydroxyl groups is 4. The molecule has 0 aromatic heterocycles. The summed E-state index contributed by atoms with van der Waals surface area (Å²) < 4.78 is 21.9. The highest BCUT2D eigenvalue weighted by atomic mass is 16.6. The third-order valence-electron chi connectivity index (χ3n) is 10.9. The normalized spacial score (nSPS) is 21.2. The van der Waals surface area contributed by atoms with Crippen molar-refractivity contribution in [3.05, 3.63) is 59.2 Å². The molecule has 2 saturated heterocycles. The largest absolute Gasteiger partial charge is 0.488 e. The third-order valence-corrected chi connectivity index (χ3v) is 10.9. The topological polar surface area (TPSA) is 275 Å². The lowest BCUT2D eigenvalue weighted by molar-refractivity contribution is -0.133. The maximum absolute atomic E-state index is 12.8. The van der Waals surface area contributed by atoms with Gasteiger partial charge in [0.05, 0.1) is 51.7 Å². The number of aliphatic hydroxyl groups excluding tert-OH is 4. The molecule has 2 fully saturated rings. The predicted octanol–water partition coefficient (Wildman–Crippen LogP) is 1.56. The molecule has 2 aromatic carbocycles. The smallest absolute Gasteiger partial charge is 0.252 e. The molecule has 3 aliphatic rings. The summed E-state index contributed by atoms with van der Waals surface area (Å²) in [6, 6.07) is 7.20. The number of epoxide rings is 2. The molecule has 0 unspecified atom stereocenters. The highest BCUT2D eigenvalue weighted by Gasteiger charge is 2.55. The third kappa shape index (κ3) is 14.8. The lowest BCUT2D eigenvalue weighted by Gasteiger charge is -2.32. The maximum atomic E-state index is 12.8. The quantitative estimate of drug-likeness (QED) is 0.0827. The molecule has 0 spiro atoms. The van der Waals surface area contributed by atoms with Gasteiger partial charge in [0, 0.05) is 11.1 Å². The SMILES string of the molecule is CC(C)C[C@H](NC(=O)[C@H](CO)NC(=O)c1ccc(OC(C)(C)C)cc1)C(=O)[C@@]1(CO)CO1.CC(C)C[C@H](NC(=O)[C@H](CO)NC(=O)c1ccc2c(c1)CCC(C)(C)O2)C(=O)[C@@]1(CO)CO1. The number of hydrogen-bond acceptors (Lipinski definition) is 14. The van der Waals surface area contributed by atoms with E-state index in [9.17, 15) is 49.2 Å². The van der Waals surface area contributed by atoms with Crippen molar-refractivity contribution in [2.75, 3.05) is 39.6 Å². The number of fused-ring (bicyclic) bond motifs is 1. The second-order valence-corrected chi connectivity index (χ2v) is 19.3. The number of Topliss-reactive ketones (excluding diaryl/α,β-unsaturated/α-hetero) is 2. The van der Waals surface area contributed by atoms with E-state index in [1.807, 2.05) is 62.3 Å². The van der Waals surface area contributed by atoms with E-state index in [0.29, 0.717) is 24.2 Å². The van der Waals surface area contributed by atoms with E-state index in [-0.39, 0.29) is 41.8 Å². The Labute approximate surface area is 380 Å². The van der Waals surface area contributed by atoms with Crippen LogP contribution < -0.4 is 30.7 Å². The Morgan fingerprint density at radius 2 is 1.09 bits per heavy atom. The summed E-state index contributed by atoms with van der Waals surface area (Å²) in [4.78, 5) is 76.4. The van der Waals surface area contributed by atoms with Crippen molar-refractivity contribution < 1.29 is 68.1 Å². The summed E-state index contributed by atoms with van der Waals surface area (Å²) in [5.41, 5.74) is -1.64. The molecule has 65 heavy (non-hydrogen) atoms. The van der Waals surface area contributed by atoms with Crippen molar-refractivity contribution in [2.45, 2.75) is 135 Å². The van der Waals surface area contributed by atoms with Gasteiger partial charge in [-0.3, -0.25) is 28.8 Å². The summed E-state index contributed by atoms with van der Waals surface area (Å²) >= 11 is 0. The lowest BCUT2D eigenvalue weighted by atomic mass is 9.92. The van der Waals surface area contributed by atoms with Gasteiger partial charge in [0.1, 0.15) is 34.8 Å². The monoisotopic (exact) mass is 912 g/mol. The Hall–Kier alpha value is -4.98. The van der Waals surface area contributed by atoms with Crippen LogP contribution in [0.15, 0.2) is 42.5 Å². The summed E-state index contributed by atoms with van der Waals surface area (Å²) in [7, 11) is 0. The zero-order valence-electron chi connectivity index (χ0n) is 38.9. The molecule has 5 rings (SSSR count). The van der Waals surface area contributed by atoms with Gasteiger partial charge in [0.15, 0.2) is 22.8 Å². The fourth-order valence-electron chi connectivity index (χ4n) is 7.08. The minimum absolute atomic E-state index is 0.0785. The van der Waals surface area contributed by atoms with Crippen LogP contribution in [-0.2, 0) is 35.1 Å². The Kier molecular flexibility index (Phi) is 17.8. The van der Waals surface area contributed by atoms with Gasteiger partial charge >= 0.3 is 0 Å². The van der Waals surface area contributed by atoms with Crippen molar-refractivity contribution >= 4 is 35.2 Å². The van der Waals surface area contributed by atoms with Crippen molar-refractivity contribution in [1.82, 2.24) is 21.3 Å². The molecule has 4 amide bonds. The fraction of sp³-hybridized carbons (Fsp3) is 0.617. The van der Waals surface area contributed by atoms with E-state index in [0.717, 1.165) is 24.2 Å². The zero-order chi connectivity index (χ0) is 48.5. The second kappa shape index (κ2) is 22.0. The van der Waals surface area contributed by atoms with Crippen LogP contribution in [0.4, 0.5) is 0 Å². The molecule has 18 nitrogen and oxygen atoms in total. The van der Waals surface area contributed by atoms with Crippen LogP contribution in [0.25, 0.3) is 0 Å². The molecule has 0 bridgehead atoms. The first-order valence-electron chi connectivity index (χ1n) is 22.0. The number of rotatable bonds is 21. The van der Waals surface area contributed by atoms with E-state index < -0.39 is 97.0 Å². The second-order valence-electron chi connectivity index (χ2n) is 19.3. The van der Waals surface area contributed by atoms with Crippen LogP contribution in [0.2, 0.25) is 0 Å². The van der Waals surface area contributed by atoms with Crippen LogP contribution in [0.5, 0.6) is 11.5 Å². The molecule has 0 aliphatic carbocycles. The van der Waals surface area contributed by atoms with Gasteiger partial charge in [0.25, 0.3) is 11.8 Å². The number of carbonyl (C=O) groups is 6. The van der Waals surface area contributed by atoms with Gasteiger partial charge in [-0.15, -0.1) is 0 Å². The van der Waals surface area contributed by atoms with Crippen molar-refractivity contribution in [3.63, 3.8) is 0 Å². The molecular formula is C47H68N4O14. The zero-order valence-corrected chi connectivity index (χ0v) is 38.9. The highest BCUT2D eigenvalue weighted by Crippen LogP contribution is 2.34. The van der Waals surface area contributed by atoms with E-state index in [1.165, 1.54) is 0 Å². The summed E-state index contributed by atoms with van der Waals surface area (Å²) in [6.45, 7) is 15.3. The Morgan fingerprint density at radius 3 is 1.48 bits per heavy atom. The molecule has 360 valence electrons. The van der Waals surface area contributed by atoms with Gasteiger partial charge in [-0.05, 0) is 120 Å². The summed E-state index contributed by atoms with van der Waals surface area (Å²) in [6.07, 6.45) is 2.25. The van der Waals surface area contributed by atoms with E-state index in [1.54, 1.807) is 42.5 Å². The summed E-state index contributed by atoms with van der Waals surface area (Å²) in [5.74, 6) is -1.77. The highest BCUT2D eigenvalue weighted by molar-refractivity contribution is 6.01. The van der Waals surface area contributed by atoms with Crippen molar-refractivity contribution in [2.24, 2.45) is 11.8 Å². The van der Waals surface area contributed by atoms with Crippen LogP contribution in [0.3, 0.4) is 0 Å². The predicted molar refractivity (Wildman–Crippen MR) is 237 cm³/mol. The van der Waals surface area contributed by atoms with Crippen LogP contribution in [0, 0.1) is 11.8 Å². The Balaban J connectivity index is 0.000000285. The van der Waals surface area contributed by atoms with E-state index in [2.05, 4.69) is 21.3 Å². The molecule has 3 heterocycles. The van der Waals surface area contributed by atoms with Gasteiger partial charge in [-0.1, -0.05) is 27.7 Å². The Morgan fingerprint density at radius 1 is 0.662 bits per heavy atom. The Bertz CT molecular complexity index is 2000. The molecule has 8 N–H and O–H groups in total. The maximum Gasteiger partial charge on any atom is 0.252 e. The summed E-state index contributed by atoms with van der Waals surface area (Å²) in [5, 5.41) is 48.6. The molecule has 6 atom stereocenters. The van der Waals surface area contributed by atoms with Crippen molar-refractivity contribution in [3.8, 4) is 11.5 Å². The van der Waals surface area contributed by atoms with Crippen LogP contribution >= 0.6 is 0 Å². The first-order chi connectivity index (χ1) is 30.4. The molecular weight excluding hydrogens is 845 g/mol. The van der Waals surface area contributed by atoms with Gasteiger partial charge < -0.3 is 60.6 Å². The van der Waals surface area contributed by atoms with Gasteiger partial charge in [-0.25, -0.2) is 0 Å². The van der Waals surface area contributed by atoms with Gasteiger partial charge in [0.2, 0.25) is 11.8 Å². The van der Waals surface area contributed by atoms with Crippen LogP contribution in [0.1, 0.15) is 108 Å². The molecule has 2 aromatic rings. The number of aryl methyl sites for hydroxylation is 1. The standard InChI is InChI=1S/C24H34N2O7.C23H34N2O7/c1-14(2)9-17(20(29)24(12-28)13-32-24)25-22(31)18(11-27)26-21(30)16-5-6-19-15(10-16)7-8-23(3,4)33-19;1-14(2)10-17(19(28)23(12-27)13-31-23)24-21(30)18(11-26)25-20(29)15-6-8-16(9-7-15)32-22(3,4)5/h5-6,10,14,17-18,27-28H,7-9,11-13H2,1-4H3,(H,25,31)(H,26,30);6-9,14,17-18,26-27H,10-13H2,1-5H3,(H,24,30)(H,25,29)/t17-,18-,24+;17-,18-,23+/m00/s1. The van der Waals surface area contributed by atoms with E-state index >= 15 is 0 Å². The number of nitrogens with one attached hydrogen (secondary N) is 4. The van der Waals surface area contributed by atoms with E-state index in [4.69, 9.17) is 18.9 Å². The number of hydrogen-bond donors (Lipinski definition) is 8. The number of amides is 4. The average molecular weight is 913 g/mol. The first-order valence-corrected chi connectivity index (χ1v) is 22.0.